The third-order valence-electron chi connectivity index (χ3n) is 4.65. The van der Waals surface area contributed by atoms with Crippen LogP contribution in [0.3, 0.4) is 0 Å². The molecular weight excluding hydrogens is 270 g/mol. The molecule has 110 valence electrons. The molecule has 5 atom stereocenters. The minimum absolute atomic E-state index is 0.0922. The molecule has 0 spiro atoms. The maximum atomic E-state index is 12.5. The lowest BCUT2D eigenvalue weighted by Gasteiger charge is -2.21. The molecule has 0 aromatic carbocycles. The minimum Gasteiger partial charge on any atom is -0.465 e. The molecule has 5 unspecified atom stereocenters. The van der Waals surface area contributed by atoms with Crippen LogP contribution in [0.1, 0.15) is 13.3 Å². The number of carbonyl (C=O) groups is 3. The van der Waals surface area contributed by atoms with Gasteiger partial charge in [0.1, 0.15) is 0 Å². The van der Waals surface area contributed by atoms with E-state index in [4.69, 9.17) is 0 Å². The molecule has 5 heteroatoms. The van der Waals surface area contributed by atoms with E-state index in [0.717, 1.165) is 12.5 Å². The molecule has 2 amide bonds. The summed E-state index contributed by atoms with van der Waals surface area (Å²) >= 11 is 0. The van der Waals surface area contributed by atoms with Crippen molar-refractivity contribution >= 4 is 17.8 Å². The maximum Gasteiger partial charge on any atom is 0.338 e. The fourth-order valence-corrected chi connectivity index (χ4v) is 3.72. The summed E-state index contributed by atoms with van der Waals surface area (Å²) in [6.07, 6.45) is 7.75. The fourth-order valence-electron chi connectivity index (χ4n) is 3.72. The minimum atomic E-state index is -0.517. The summed E-state index contributed by atoms with van der Waals surface area (Å²) in [5.41, 5.74) is 2.67. The highest BCUT2D eigenvalue weighted by molar-refractivity contribution is 6.06. The Bertz CT molecular complexity index is 569. The van der Waals surface area contributed by atoms with Crippen LogP contribution in [0, 0.1) is 23.7 Å². The second-order valence-corrected chi connectivity index (χ2v) is 5.79. The first kappa shape index (κ1) is 13.8. The number of allylic oxidation sites excluding steroid dienone is 2. The Morgan fingerprint density at radius 1 is 1.33 bits per heavy atom. The van der Waals surface area contributed by atoms with Crippen LogP contribution in [0.4, 0.5) is 0 Å². The molecule has 21 heavy (non-hydrogen) atoms. The van der Waals surface area contributed by atoms with Gasteiger partial charge in [0.15, 0.2) is 0 Å². The van der Waals surface area contributed by atoms with Crippen LogP contribution in [-0.4, -0.2) is 35.8 Å². The first-order chi connectivity index (χ1) is 10.0. The first-order valence-electron chi connectivity index (χ1n) is 7.10. The van der Waals surface area contributed by atoms with E-state index in [1.54, 1.807) is 13.0 Å². The number of fused-ring (bicyclic) bond motifs is 5. The van der Waals surface area contributed by atoms with Crippen LogP contribution >= 0.6 is 0 Å². The topological polar surface area (TPSA) is 63.7 Å². The van der Waals surface area contributed by atoms with E-state index in [2.05, 4.69) is 22.6 Å². The second kappa shape index (κ2) is 5.01. The molecular formula is C16H17NO4. The zero-order valence-corrected chi connectivity index (χ0v) is 12.0. The van der Waals surface area contributed by atoms with Crippen molar-refractivity contribution in [2.45, 2.75) is 19.4 Å². The number of nitrogens with zero attached hydrogens (tertiary/aromatic N) is 1. The number of ether oxygens (including phenoxy) is 1. The van der Waals surface area contributed by atoms with Crippen LogP contribution in [0.5, 0.6) is 0 Å². The highest BCUT2D eigenvalue weighted by Gasteiger charge is 2.59. The van der Waals surface area contributed by atoms with Gasteiger partial charge in [0, 0.05) is 0 Å². The van der Waals surface area contributed by atoms with E-state index in [9.17, 15) is 14.4 Å². The van der Waals surface area contributed by atoms with Crippen molar-refractivity contribution in [1.82, 2.24) is 4.90 Å². The summed E-state index contributed by atoms with van der Waals surface area (Å²) in [6, 6.07) is -0.407. The quantitative estimate of drug-likeness (QED) is 0.256. The fraction of sp³-hybridized carbons (Fsp3) is 0.500. The van der Waals surface area contributed by atoms with Gasteiger partial charge in [-0.2, -0.15) is 0 Å². The molecule has 0 radical (unpaired) electrons. The molecule has 1 aliphatic heterocycles. The van der Waals surface area contributed by atoms with Crippen LogP contribution in [0.2, 0.25) is 0 Å². The highest BCUT2D eigenvalue weighted by atomic mass is 16.5. The smallest absolute Gasteiger partial charge is 0.338 e. The van der Waals surface area contributed by atoms with Crippen LogP contribution in [0.25, 0.3) is 0 Å². The van der Waals surface area contributed by atoms with Gasteiger partial charge in [0.25, 0.3) is 0 Å². The summed E-state index contributed by atoms with van der Waals surface area (Å²) in [7, 11) is 1.28. The maximum absolute atomic E-state index is 12.5. The molecule has 1 saturated carbocycles. The Labute approximate surface area is 122 Å². The number of rotatable bonds is 3. The van der Waals surface area contributed by atoms with Gasteiger partial charge < -0.3 is 4.74 Å². The average molecular weight is 287 g/mol. The van der Waals surface area contributed by atoms with E-state index < -0.39 is 12.0 Å². The molecule has 1 saturated heterocycles. The van der Waals surface area contributed by atoms with E-state index in [1.165, 1.54) is 12.0 Å². The normalized spacial score (nSPS) is 33.7. The van der Waals surface area contributed by atoms with Crippen molar-refractivity contribution < 1.29 is 19.1 Å². The summed E-state index contributed by atoms with van der Waals surface area (Å²) in [6.45, 7) is 1.75. The summed E-state index contributed by atoms with van der Waals surface area (Å²) in [5.74, 6) is -0.653. The van der Waals surface area contributed by atoms with Crippen molar-refractivity contribution in [3.63, 3.8) is 0 Å². The van der Waals surface area contributed by atoms with Gasteiger partial charge >= 0.3 is 5.97 Å². The lowest BCUT2D eigenvalue weighted by molar-refractivity contribution is -0.142. The number of likely N-dealkylation sites (tertiary alicyclic amines) is 1. The summed E-state index contributed by atoms with van der Waals surface area (Å²) in [4.78, 5) is 37.3. The van der Waals surface area contributed by atoms with Crippen molar-refractivity contribution in [2.24, 2.45) is 23.7 Å². The summed E-state index contributed by atoms with van der Waals surface area (Å²) < 4.78 is 4.46. The number of imide groups is 1. The largest absolute Gasteiger partial charge is 0.465 e. The van der Waals surface area contributed by atoms with Gasteiger partial charge in [-0.05, 0) is 31.3 Å². The number of hydrogen-bond donors (Lipinski definition) is 0. The zero-order valence-electron chi connectivity index (χ0n) is 12.0. The van der Waals surface area contributed by atoms with Gasteiger partial charge in [-0.25, -0.2) is 4.79 Å². The number of hydrogen-bond acceptors (Lipinski definition) is 4. The van der Waals surface area contributed by atoms with Crippen molar-refractivity contribution in [2.75, 3.05) is 7.11 Å². The van der Waals surface area contributed by atoms with Gasteiger partial charge in [-0.1, -0.05) is 12.2 Å². The van der Waals surface area contributed by atoms with E-state index in [1.807, 2.05) is 0 Å². The molecule has 3 rings (SSSR count). The Kier molecular flexibility index (Phi) is 3.30. The molecule has 5 nitrogen and oxygen atoms in total. The third-order valence-corrected chi connectivity index (χ3v) is 4.65. The number of amides is 2. The average Bonchev–Trinajstić information content (AvgIpc) is 3.12. The van der Waals surface area contributed by atoms with Crippen molar-refractivity contribution in [1.29, 1.82) is 0 Å². The summed E-state index contributed by atoms with van der Waals surface area (Å²) in [5, 5.41) is 0. The Hall–Kier alpha value is -2.13. The van der Waals surface area contributed by atoms with Gasteiger partial charge in [0.05, 0.1) is 31.1 Å². The van der Waals surface area contributed by atoms with Crippen molar-refractivity contribution in [3.8, 4) is 0 Å². The molecule has 2 fully saturated rings. The monoisotopic (exact) mass is 287 g/mol. The van der Waals surface area contributed by atoms with Crippen LogP contribution in [-0.2, 0) is 19.1 Å². The van der Waals surface area contributed by atoms with Crippen LogP contribution in [0.15, 0.2) is 30.0 Å². The number of methoxy groups -OCH3 is 1. The predicted molar refractivity (Wildman–Crippen MR) is 73.7 cm³/mol. The SMILES string of the molecule is COC(=O)C=C=CC(C)N1C(=O)C2C3C=CC(C3)C2C1=O. The highest BCUT2D eigenvalue weighted by Crippen LogP contribution is 2.52. The number of carbonyl (C=O) groups excluding carboxylic acids is 3. The van der Waals surface area contributed by atoms with Gasteiger partial charge in [-0.15, -0.1) is 5.73 Å². The Morgan fingerprint density at radius 2 is 1.90 bits per heavy atom. The second-order valence-electron chi connectivity index (χ2n) is 5.79. The predicted octanol–water partition coefficient (Wildman–Crippen LogP) is 1.07. The lowest BCUT2D eigenvalue weighted by atomic mass is 9.85. The molecule has 3 aliphatic rings. The van der Waals surface area contributed by atoms with E-state index in [0.29, 0.717) is 0 Å². The molecule has 0 aromatic heterocycles. The van der Waals surface area contributed by atoms with Crippen molar-refractivity contribution in [3.05, 3.63) is 30.0 Å². The lowest BCUT2D eigenvalue weighted by Crippen LogP contribution is -2.39. The first-order valence-corrected chi connectivity index (χ1v) is 7.10. The van der Waals surface area contributed by atoms with Crippen LogP contribution < -0.4 is 0 Å². The third kappa shape index (κ3) is 2.05. The Morgan fingerprint density at radius 3 is 2.43 bits per heavy atom. The molecule has 2 aliphatic carbocycles. The zero-order chi connectivity index (χ0) is 15.1. The van der Waals surface area contributed by atoms with E-state index >= 15 is 0 Å². The van der Waals surface area contributed by atoms with E-state index in [-0.39, 0.29) is 35.5 Å². The van der Waals surface area contributed by atoms with Gasteiger partial charge in [0.2, 0.25) is 11.8 Å². The Balaban J connectivity index is 1.78. The molecule has 1 heterocycles. The standard InChI is InChI=1S/C16H17NO4/c1-9(4-3-5-12(18)21-2)17-15(19)13-10-6-7-11(8-10)14(13)16(17)20/h4-7,9-11,13-14H,8H2,1-2H3. The number of esters is 1. The molecule has 2 bridgehead atoms. The van der Waals surface area contributed by atoms with Gasteiger partial charge in [-0.3, -0.25) is 14.5 Å². The molecule has 0 N–H and O–H groups in total. The molecule has 0 aromatic rings.